The lowest BCUT2D eigenvalue weighted by Crippen LogP contribution is -2.47. The third kappa shape index (κ3) is 4.70. The van der Waals surface area contributed by atoms with Gasteiger partial charge < -0.3 is 14.5 Å². The van der Waals surface area contributed by atoms with Crippen molar-refractivity contribution in [3.05, 3.63) is 95.4 Å². The van der Waals surface area contributed by atoms with E-state index < -0.39 is 0 Å². The van der Waals surface area contributed by atoms with Crippen LogP contribution in [-0.4, -0.2) is 42.2 Å². The zero-order valence-corrected chi connectivity index (χ0v) is 18.4. The van der Waals surface area contributed by atoms with Gasteiger partial charge in [-0.15, -0.1) is 0 Å². The number of hydrogen-bond acceptors (Lipinski definition) is 5. The average Bonchev–Trinajstić information content (AvgIpc) is 3.21. The molecule has 160 valence electrons. The molecule has 0 bridgehead atoms. The minimum absolute atomic E-state index is 0.176. The molecule has 0 atom stereocenters. The van der Waals surface area contributed by atoms with Gasteiger partial charge in [-0.1, -0.05) is 48.5 Å². The minimum atomic E-state index is -0.176. The van der Waals surface area contributed by atoms with Crippen LogP contribution in [0, 0.1) is 0 Å². The molecule has 0 radical (unpaired) electrons. The highest BCUT2D eigenvalue weighted by Crippen LogP contribution is 2.32. The maximum atomic E-state index is 12.5. The molecule has 1 amide bonds. The number of amidine groups is 1. The van der Waals surface area contributed by atoms with Gasteiger partial charge in [0.25, 0.3) is 5.91 Å². The van der Waals surface area contributed by atoms with Crippen LogP contribution in [0.15, 0.2) is 94.8 Å². The lowest BCUT2D eigenvalue weighted by atomic mass is 10.2. The standard InChI is InChI=1S/C26H23N3O2S/c30-25-24(19-20-8-7-13-23(18-20)31-22-11-5-2-6-12-22)32-26(27-25)29-16-14-28(15-17-29)21-9-3-1-4-10-21/h1-13,18-19H,14-17H2/b24-19+. The molecule has 0 aliphatic carbocycles. The molecule has 5 nitrogen and oxygen atoms in total. The Hall–Kier alpha value is -3.51. The second kappa shape index (κ2) is 9.32. The van der Waals surface area contributed by atoms with Gasteiger partial charge in [-0.3, -0.25) is 4.79 Å². The molecule has 0 aromatic heterocycles. The van der Waals surface area contributed by atoms with E-state index in [0.717, 1.165) is 48.4 Å². The summed E-state index contributed by atoms with van der Waals surface area (Å²) in [7, 11) is 0. The number of ether oxygens (including phenoxy) is 1. The first-order valence-corrected chi connectivity index (χ1v) is 11.5. The molecular formula is C26H23N3O2S. The topological polar surface area (TPSA) is 45.1 Å². The number of piperazine rings is 1. The van der Waals surface area contributed by atoms with E-state index in [1.807, 2.05) is 66.7 Å². The smallest absolute Gasteiger partial charge is 0.286 e. The van der Waals surface area contributed by atoms with E-state index in [0.29, 0.717) is 4.91 Å². The largest absolute Gasteiger partial charge is 0.457 e. The van der Waals surface area contributed by atoms with Crippen molar-refractivity contribution < 1.29 is 9.53 Å². The molecule has 2 aliphatic heterocycles. The first-order valence-electron chi connectivity index (χ1n) is 10.7. The Labute approximate surface area is 192 Å². The molecule has 5 rings (SSSR count). The van der Waals surface area contributed by atoms with Crippen molar-refractivity contribution in [1.29, 1.82) is 0 Å². The Morgan fingerprint density at radius 3 is 2.19 bits per heavy atom. The fraction of sp³-hybridized carbons (Fsp3) is 0.154. The summed E-state index contributed by atoms with van der Waals surface area (Å²) in [5, 5.41) is 0.797. The number of para-hydroxylation sites is 2. The molecule has 1 saturated heterocycles. The number of nitrogens with zero attached hydrogens (tertiary/aromatic N) is 3. The fourth-order valence-electron chi connectivity index (χ4n) is 3.77. The van der Waals surface area contributed by atoms with Gasteiger partial charge in [-0.05, 0) is 59.8 Å². The SMILES string of the molecule is O=C1N=C(N2CCN(c3ccccc3)CC2)S/C1=C/c1cccc(Oc2ccccc2)c1. The van der Waals surface area contributed by atoms with Gasteiger partial charge in [0.2, 0.25) is 0 Å². The molecular weight excluding hydrogens is 418 g/mol. The van der Waals surface area contributed by atoms with E-state index in [1.54, 1.807) is 0 Å². The van der Waals surface area contributed by atoms with Crippen molar-refractivity contribution in [2.75, 3.05) is 31.1 Å². The number of carbonyl (C=O) groups excluding carboxylic acids is 1. The molecule has 0 unspecified atom stereocenters. The van der Waals surface area contributed by atoms with E-state index in [1.165, 1.54) is 17.4 Å². The van der Waals surface area contributed by atoms with E-state index >= 15 is 0 Å². The van der Waals surface area contributed by atoms with Crippen LogP contribution in [-0.2, 0) is 4.79 Å². The van der Waals surface area contributed by atoms with Crippen molar-refractivity contribution in [1.82, 2.24) is 4.90 Å². The molecule has 32 heavy (non-hydrogen) atoms. The van der Waals surface area contributed by atoms with Gasteiger partial charge in [0, 0.05) is 31.9 Å². The van der Waals surface area contributed by atoms with Gasteiger partial charge in [0.05, 0.1) is 4.91 Å². The maximum absolute atomic E-state index is 12.5. The quantitative estimate of drug-likeness (QED) is 0.516. The summed E-state index contributed by atoms with van der Waals surface area (Å²) in [4.78, 5) is 22.1. The molecule has 2 heterocycles. The van der Waals surface area contributed by atoms with Crippen LogP contribution in [0.25, 0.3) is 6.08 Å². The fourth-order valence-corrected chi connectivity index (χ4v) is 4.74. The normalized spacial score (nSPS) is 17.6. The summed E-state index contributed by atoms with van der Waals surface area (Å²) in [5.41, 5.74) is 2.15. The zero-order chi connectivity index (χ0) is 21.8. The van der Waals surface area contributed by atoms with Gasteiger partial charge in [0.15, 0.2) is 5.17 Å². The Kier molecular flexibility index (Phi) is 5.94. The third-order valence-electron chi connectivity index (χ3n) is 5.42. The number of hydrogen-bond donors (Lipinski definition) is 0. The molecule has 3 aromatic rings. The predicted octanol–water partition coefficient (Wildman–Crippen LogP) is 5.27. The van der Waals surface area contributed by atoms with Crippen LogP contribution < -0.4 is 9.64 Å². The van der Waals surface area contributed by atoms with Crippen LogP contribution >= 0.6 is 11.8 Å². The number of amides is 1. The average molecular weight is 442 g/mol. The Morgan fingerprint density at radius 1 is 0.781 bits per heavy atom. The summed E-state index contributed by atoms with van der Waals surface area (Å²) >= 11 is 1.46. The number of aliphatic imine (C=N–C) groups is 1. The van der Waals surface area contributed by atoms with Crippen molar-refractivity contribution in [3.63, 3.8) is 0 Å². The second-order valence-corrected chi connectivity index (χ2v) is 8.62. The lowest BCUT2D eigenvalue weighted by molar-refractivity contribution is -0.113. The van der Waals surface area contributed by atoms with E-state index in [-0.39, 0.29) is 5.91 Å². The van der Waals surface area contributed by atoms with Crippen LogP contribution in [0.5, 0.6) is 11.5 Å². The first kappa shape index (κ1) is 20.4. The number of anilines is 1. The monoisotopic (exact) mass is 441 g/mol. The Balaban J connectivity index is 1.23. The lowest BCUT2D eigenvalue weighted by Gasteiger charge is -2.36. The van der Waals surface area contributed by atoms with Gasteiger partial charge >= 0.3 is 0 Å². The third-order valence-corrected chi connectivity index (χ3v) is 6.46. The molecule has 3 aromatic carbocycles. The van der Waals surface area contributed by atoms with Crippen molar-refractivity contribution in [2.45, 2.75) is 0 Å². The number of thioether (sulfide) groups is 1. The number of rotatable bonds is 4. The minimum Gasteiger partial charge on any atom is -0.457 e. The summed E-state index contributed by atoms with van der Waals surface area (Å²) in [6.45, 7) is 3.52. The molecule has 0 N–H and O–H groups in total. The summed E-state index contributed by atoms with van der Waals surface area (Å²) in [5.74, 6) is 1.34. The van der Waals surface area contributed by atoms with Crippen LogP contribution in [0.3, 0.4) is 0 Å². The van der Waals surface area contributed by atoms with Crippen LogP contribution in [0.4, 0.5) is 5.69 Å². The van der Waals surface area contributed by atoms with Crippen LogP contribution in [0.2, 0.25) is 0 Å². The first-order chi connectivity index (χ1) is 15.7. The van der Waals surface area contributed by atoms with Crippen molar-refractivity contribution >= 4 is 34.6 Å². The molecule has 0 spiro atoms. The number of benzene rings is 3. The predicted molar refractivity (Wildman–Crippen MR) is 131 cm³/mol. The summed E-state index contributed by atoms with van der Waals surface area (Å²) < 4.78 is 5.91. The zero-order valence-electron chi connectivity index (χ0n) is 17.6. The molecule has 0 saturated carbocycles. The van der Waals surface area contributed by atoms with Crippen molar-refractivity contribution in [3.8, 4) is 11.5 Å². The Bertz CT molecular complexity index is 1150. The molecule has 6 heteroatoms. The van der Waals surface area contributed by atoms with Crippen LogP contribution in [0.1, 0.15) is 5.56 Å². The number of carbonyl (C=O) groups is 1. The van der Waals surface area contributed by atoms with E-state index in [9.17, 15) is 4.79 Å². The van der Waals surface area contributed by atoms with Gasteiger partial charge in [-0.25, -0.2) is 0 Å². The van der Waals surface area contributed by atoms with Crippen molar-refractivity contribution in [2.24, 2.45) is 4.99 Å². The highest BCUT2D eigenvalue weighted by Gasteiger charge is 2.28. The summed E-state index contributed by atoms with van der Waals surface area (Å²) in [6.07, 6.45) is 1.89. The van der Waals surface area contributed by atoms with E-state index in [4.69, 9.17) is 4.74 Å². The Morgan fingerprint density at radius 2 is 1.44 bits per heavy atom. The second-order valence-electron chi connectivity index (χ2n) is 7.61. The summed E-state index contributed by atoms with van der Waals surface area (Å²) in [6, 6.07) is 27.8. The molecule has 2 aliphatic rings. The highest BCUT2D eigenvalue weighted by molar-refractivity contribution is 8.18. The highest BCUT2D eigenvalue weighted by atomic mass is 32.2. The molecule has 1 fully saturated rings. The maximum Gasteiger partial charge on any atom is 0.286 e. The van der Waals surface area contributed by atoms with E-state index in [2.05, 4.69) is 39.1 Å². The van der Waals surface area contributed by atoms with Gasteiger partial charge in [-0.2, -0.15) is 4.99 Å². The van der Waals surface area contributed by atoms with Gasteiger partial charge in [0.1, 0.15) is 11.5 Å².